The first kappa shape index (κ1) is 10.7. The number of nitrogens with zero attached hydrogens (tertiary/aromatic N) is 1. The summed E-state index contributed by atoms with van der Waals surface area (Å²) in [5.41, 5.74) is 1.38. The van der Waals surface area contributed by atoms with Crippen molar-refractivity contribution in [2.24, 2.45) is 11.8 Å². The number of aromatic nitrogens is 1. The Balaban J connectivity index is 1.88. The van der Waals surface area contributed by atoms with E-state index in [1.54, 1.807) is 0 Å². The molecule has 1 atom stereocenters. The van der Waals surface area contributed by atoms with E-state index in [0.29, 0.717) is 5.92 Å². The molecule has 1 heterocycles. The molecule has 1 saturated carbocycles. The fourth-order valence-corrected chi connectivity index (χ4v) is 2.59. The zero-order valence-corrected chi connectivity index (χ0v) is 9.36. The number of pyridine rings is 1. The third kappa shape index (κ3) is 3.05. The molecule has 0 bridgehead atoms. The summed E-state index contributed by atoms with van der Waals surface area (Å²) in [4.78, 5) is 4.04. The fourth-order valence-electron chi connectivity index (χ4n) is 2.59. The molecule has 1 aromatic rings. The van der Waals surface area contributed by atoms with Gasteiger partial charge in [0.25, 0.3) is 0 Å². The van der Waals surface area contributed by atoms with Crippen LogP contribution in [-0.4, -0.2) is 4.98 Å². The summed E-state index contributed by atoms with van der Waals surface area (Å²) in [6.07, 6.45) is 11.9. The molecule has 0 aliphatic heterocycles. The SMILES string of the molecule is [CH2]C(Cc1ccncc1)C1CCCCC1. The maximum atomic E-state index is 4.34. The zero-order valence-electron chi connectivity index (χ0n) is 9.36. The Hall–Kier alpha value is -0.850. The van der Waals surface area contributed by atoms with Crippen LogP contribution < -0.4 is 0 Å². The lowest BCUT2D eigenvalue weighted by Crippen LogP contribution is -2.17. The second kappa shape index (κ2) is 5.29. The van der Waals surface area contributed by atoms with Crippen LogP contribution in [0.5, 0.6) is 0 Å². The second-order valence-electron chi connectivity index (χ2n) is 4.72. The molecule has 1 radical (unpaired) electrons. The van der Waals surface area contributed by atoms with Gasteiger partial charge in [0.2, 0.25) is 0 Å². The lowest BCUT2D eigenvalue weighted by molar-refractivity contribution is 0.283. The van der Waals surface area contributed by atoms with Crippen molar-refractivity contribution in [2.75, 3.05) is 0 Å². The first-order valence-corrected chi connectivity index (χ1v) is 6.08. The molecule has 1 aliphatic carbocycles. The average Bonchev–Trinajstić information content (AvgIpc) is 2.31. The maximum Gasteiger partial charge on any atom is 0.0270 e. The van der Waals surface area contributed by atoms with Crippen LogP contribution in [-0.2, 0) is 6.42 Å². The van der Waals surface area contributed by atoms with E-state index in [4.69, 9.17) is 0 Å². The summed E-state index contributed by atoms with van der Waals surface area (Å²) in [5, 5.41) is 0. The Bertz CT molecular complexity index is 275. The molecule has 1 nitrogen and oxygen atoms in total. The standard InChI is InChI=1S/C14H20N/c1-12(14-5-3-2-4-6-14)11-13-7-9-15-10-8-13/h7-10,12,14H,1-6,11H2. The van der Waals surface area contributed by atoms with Gasteiger partial charge in [-0.2, -0.15) is 0 Å². The van der Waals surface area contributed by atoms with Gasteiger partial charge in [0.05, 0.1) is 0 Å². The maximum absolute atomic E-state index is 4.34. The molecular weight excluding hydrogens is 182 g/mol. The molecule has 0 spiro atoms. The first-order valence-electron chi connectivity index (χ1n) is 6.08. The summed E-state index contributed by atoms with van der Waals surface area (Å²) in [7, 11) is 0. The van der Waals surface area contributed by atoms with Crippen LogP contribution >= 0.6 is 0 Å². The quantitative estimate of drug-likeness (QED) is 0.729. The summed E-state index contributed by atoms with van der Waals surface area (Å²) in [6, 6.07) is 4.22. The van der Waals surface area contributed by atoms with Gasteiger partial charge >= 0.3 is 0 Å². The molecule has 0 saturated heterocycles. The van der Waals surface area contributed by atoms with Crippen molar-refractivity contribution in [3.05, 3.63) is 37.0 Å². The van der Waals surface area contributed by atoms with Gasteiger partial charge in [0.1, 0.15) is 0 Å². The number of hydrogen-bond donors (Lipinski definition) is 0. The van der Waals surface area contributed by atoms with Crippen molar-refractivity contribution in [3.63, 3.8) is 0 Å². The van der Waals surface area contributed by atoms with Crippen LogP contribution in [0.3, 0.4) is 0 Å². The smallest absolute Gasteiger partial charge is 0.0270 e. The van der Waals surface area contributed by atoms with Crippen LogP contribution in [0, 0.1) is 18.8 Å². The van der Waals surface area contributed by atoms with Gasteiger partial charge in [-0.1, -0.05) is 32.1 Å². The third-order valence-corrected chi connectivity index (χ3v) is 3.56. The number of rotatable bonds is 3. The van der Waals surface area contributed by atoms with Crippen molar-refractivity contribution >= 4 is 0 Å². The van der Waals surface area contributed by atoms with Crippen LogP contribution in [0.15, 0.2) is 24.5 Å². The number of hydrogen-bond acceptors (Lipinski definition) is 1. The van der Waals surface area contributed by atoms with E-state index in [9.17, 15) is 0 Å². The molecule has 1 fully saturated rings. The molecule has 0 N–H and O–H groups in total. The monoisotopic (exact) mass is 202 g/mol. The zero-order chi connectivity index (χ0) is 10.5. The summed E-state index contributed by atoms with van der Waals surface area (Å²) < 4.78 is 0. The van der Waals surface area contributed by atoms with Crippen LogP contribution in [0.25, 0.3) is 0 Å². The molecular formula is C14H20N. The average molecular weight is 202 g/mol. The molecule has 0 aromatic carbocycles. The van der Waals surface area contributed by atoms with E-state index in [1.807, 2.05) is 12.4 Å². The minimum absolute atomic E-state index is 0.590. The Morgan fingerprint density at radius 3 is 2.53 bits per heavy atom. The van der Waals surface area contributed by atoms with Crippen molar-refractivity contribution in [1.82, 2.24) is 4.98 Å². The molecule has 1 aliphatic rings. The largest absolute Gasteiger partial charge is 0.265 e. The van der Waals surface area contributed by atoms with Gasteiger partial charge in [-0.15, -0.1) is 0 Å². The van der Waals surface area contributed by atoms with E-state index in [-0.39, 0.29) is 0 Å². The lowest BCUT2D eigenvalue weighted by Gasteiger charge is -2.27. The predicted molar refractivity (Wildman–Crippen MR) is 63.4 cm³/mol. The van der Waals surface area contributed by atoms with Gasteiger partial charge in [-0.25, -0.2) is 0 Å². The minimum Gasteiger partial charge on any atom is -0.265 e. The Morgan fingerprint density at radius 1 is 1.20 bits per heavy atom. The molecule has 1 unspecified atom stereocenters. The lowest BCUT2D eigenvalue weighted by atomic mass is 9.78. The normalized spacial score (nSPS) is 20.1. The first-order chi connectivity index (χ1) is 7.36. The predicted octanol–water partition coefficient (Wildman–Crippen LogP) is 3.65. The van der Waals surface area contributed by atoms with Crippen molar-refractivity contribution < 1.29 is 0 Å². The van der Waals surface area contributed by atoms with Crippen LogP contribution in [0.4, 0.5) is 0 Å². The van der Waals surface area contributed by atoms with Gasteiger partial charge in [-0.3, -0.25) is 4.98 Å². The molecule has 1 aromatic heterocycles. The van der Waals surface area contributed by atoms with Gasteiger partial charge in [0, 0.05) is 12.4 Å². The minimum atomic E-state index is 0.590. The fraction of sp³-hybridized carbons (Fsp3) is 0.571. The molecule has 0 amide bonds. The Morgan fingerprint density at radius 2 is 1.87 bits per heavy atom. The highest BCUT2D eigenvalue weighted by Gasteiger charge is 2.19. The summed E-state index contributed by atoms with van der Waals surface area (Å²) >= 11 is 0. The van der Waals surface area contributed by atoms with E-state index in [1.165, 1.54) is 37.7 Å². The van der Waals surface area contributed by atoms with Crippen LogP contribution in [0.2, 0.25) is 0 Å². The van der Waals surface area contributed by atoms with E-state index in [2.05, 4.69) is 24.0 Å². The third-order valence-electron chi connectivity index (χ3n) is 3.56. The van der Waals surface area contributed by atoms with Crippen molar-refractivity contribution in [1.29, 1.82) is 0 Å². The van der Waals surface area contributed by atoms with E-state index in [0.717, 1.165) is 12.3 Å². The Kier molecular flexibility index (Phi) is 3.76. The summed E-state index contributed by atoms with van der Waals surface area (Å²) in [6.45, 7) is 4.34. The van der Waals surface area contributed by atoms with Gasteiger partial charge < -0.3 is 0 Å². The molecule has 15 heavy (non-hydrogen) atoms. The second-order valence-corrected chi connectivity index (χ2v) is 4.72. The topological polar surface area (TPSA) is 12.9 Å². The Labute approximate surface area is 92.9 Å². The molecule has 2 rings (SSSR count). The van der Waals surface area contributed by atoms with Gasteiger partial charge in [-0.05, 0) is 42.9 Å². The highest BCUT2D eigenvalue weighted by atomic mass is 14.6. The molecule has 81 valence electrons. The highest BCUT2D eigenvalue weighted by Crippen LogP contribution is 2.31. The molecule has 1 heteroatoms. The summed E-state index contributed by atoms with van der Waals surface area (Å²) in [5.74, 6) is 1.44. The van der Waals surface area contributed by atoms with Gasteiger partial charge in [0.15, 0.2) is 0 Å². The van der Waals surface area contributed by atoms with E-state index >= 15 is 0 Å². The van der Waals surface area contributed by atoms with E-state index < -0.39 is 0 Å². The van der Waals surface area contributed by atoms with Crippen molar-refractivity contribution in [3.8, 4) is 0 Å². The van der Waals surface area contributed by atoms with Crippen molar-refractivity contribution in [2.45, 2.75) is 38.5 Å². The van der Waals surface area contributed by atoms with Crippen LogP contribution in [0.1, 0.15) is 37.7 Å². The highest BCUT2D eigenvalue weighted by molar-refractivity contribution is 5.11.